The lowest BCUT2D eigenvalue weighted by Crippen LogP contribution is -2.32. The van der Waals surface area contributed by atoms with E-state index in [9.17, 15) is 14.4 Å². The van der Waals surface area contributed by atoms with Crippen molar-refractivity contribution in [3.05, 3.63) is 59.7 Å². The molecular weight excluding hydrogens is 286 g/mol. The number of amides is 2. The van der Waals surface area contributed by atoms with Crippen LogP contribution in [0.3, 0.4) is 0 Å². The summed E-state index contributed by atoms with van der Waals surface area (Å²) in [7, 11) is 0. The molecule has 110 valence electrons. The number of rotatable bonds is 4. The fourth-order valence-corrected chi connectivity index (χ4v) is 2.07. The van der Waals surface area contributed by atoms with E-state index in [-0.39, 0.29) is 24.0 Å². The van der Waals surface area contributed by atoms with Crippen molar-refractivity contribution in [3.8, 4) is 0 Å². The summed E-state index contributed by atoms with van der Waals surface area (Å²) in [4.78, 5) is 48.7. The number of hydroxylamine groups is 2. The summed E-state index contributed by atoms with van der Waals surface area (Å²) in [5.41, 5.74) is 0.457. The summed E-state index contributed by atoms with van der Waals surface area (Å²) in [5.74, 6) is -1.47. The van der Waals surface area contributed by atoms with Gasteiger partial charge in [-0.1, -0.05) is 17.2 Å². The highest BCUT2D eigenvalue weighted by molar-refractivity contribution is 6.20. The van der Waals surface area contributed by atoms with Crippen LogP contribution in [0.2, 0.25) is 0 Å². The first-order valence-electron chi connectivity index (χ1n) is 6.61. The van der Waals surface area contributed by atoms with Gasteiger partial charge in [0.2, 0.25) is 0 Å². The van der Waals surface area contributed by atoms with Crippen molar-refractivity contribution in [1.82, 2.24) is 15.0 Å². The Morgan fingerprint density at radius 2 is 1.59 bits per heavy atom. The number of imide groups is 1. The van der Waals surface area contributed by atoms with Crippen LogP contribution in [0.5, 0.6) is 0 Å². The zero-order chi connectivity index (χ0) is 15.5. The van der Waals surface area contributed by atoms with Crippen LogP contribution in [0.1, 0.15) is 33.0 Å². The standard InChI is InChI=1S/C15H11N3O4/c19-13(7-6-12-16-8-3-9-17-12)22-18-14(20)10-4-1-2-5-11(10)15(18)21/h1-5,8-9H,6-7H2. The Morgan fingerprint density at radius 3 is 2.18 bits per heavy atom. The fourth-order valence-electron chi connectivity index (χ4n) is 2.07. The van der Waals surface area contributed by atoms with Crippen molar-refractivity contribution in [2.75, 3.05) is 0 Å². The van der Waals surface area contributed by atoms with Crippen LogP contribution < -0.4 is 0 Å². The summed E-state index contributed by atoms with van der Waals surface area (Å²) in [6.07, 6.45) is 3.37. The second-order valence-corrected chi connectivity index (χ2v) is 4.58. The number of fused-ring (bicyclic) bond motifs is 1. The monoisotopic (exact) mass is 297 g/mol. The van der Waals surface area contributed by atoms with Gasteiger partial charge in [0.25, 0.3) is 11.8 Å². The van der Waals surface area contributed by atoms with E-state index in [1.54, 1.807) is 30.6 Å². The van der Waals surface area contributed by atoms with Gasteiger partial charge in [-0.25, -0.2) is 14.8 Å². The molecule has 0 saturated heterocycles. The van der Waals surface area contributed by atoms with E-state index in [4.69, 9.17) is 4.84 Å². The van der Waals surface area contributed by atoms with Crippen LogP contribution in [0.4, 0.5) is 0 Å². The highest BCUT2D eigenvalue weighted by Crippen LogP contribution is 2.22. The second kappa shape index (κ2) is 5.72. The van der Waals surface area contributed by atoms with Crippen LogP contribution in [-0.4, -0.2) is 32.8 Å². The Morgan fingerprint density at radius 1 is 1.00 bits per heavy atom. The molecule has 2 aromatic rings. The maximum atomic E-state index is 12.0. The number of aryl methyl sites for hydroxylation is 1. The molecular formula is C15H11N3O4. The van der Waals surface area contributed by atoms with Gasteiger partial charge in [0.1, 0.15) is 5.82 Å². The van der Waals surface area contributed by atoms with Crippen molar-refractivity contribution in [3.63, 3.8) is 0 Å². The molecule has 3 rings (SSSR count). The lowest BCUT2D eigenvalue weighted by molar-refractivity contribution is -0.168. The predicted octanol–water partition coefficient (Wildman–Crippen LogP) is 1.16. The first-order valence-corrected chi connectivity index (χ1v) is 6.61. The van der Waals surface area contributed by atoms with Gasteiger partial charge in [-0.2, -0.15) is 0 Å². The topological polar surface area (TPSA) is 89.5 Å². The maximum absolute atomic E-state index is 12.0. The van der Waals surface area contributed by atoms with Gasteiger partial charge in [0.15, 0.2) is 0 Å². The Kier molecular flexibility index (Phi) is 3.61. The van der Waals surface area contributed by atoms with E-state index >= 15 is 0 Å². The second-order valence-electron chi connectivity index (χ2n) is 4.58. The Hall–Kier alpha value is -3.09. The van der Waals surface area contributed by atoms with Gasteiger partial charge in [0, 0.05) is 18.8 Å². The quantitative estimate of drug-likeness (QED) is 0.787. The molecule has 22 heavy (non-hydrogen) atoms. The average molecular weight is 297 g/mol. The number of hydrogen-bond acceptors (Lipinski definition) is 6. The van der Waals surface area contributed by atoms with E-state index in [0.29, 0.717) is 10.9 Å². The fraction of sp³-hybridized carbons (Fsp3) is 0.133. The number of carbonyl (C=O) groups excluding carboxylic acids is 3. The zero-order valence-electron chi connectivity index (χ0n) is 11.4. The van der Waals surface area contributed by atoms with E-state index in [0.717, 1.165) is 0 Å². The molecule has 0 N–H and O–H groups in total. The number of nitrogens with zero attached hydrogens (tertiary/aromatic N) is 3. The SMILES string of the molecule is O=C(CCc1ncccn1)ON1C(=O)c2ccccc2C1=O. The van der Waals surface area contributed by atoms with Crippen molar-refractivity contribution in [1.29, 1.82) is 0 Å². The van der Waals surface area contributed by atoms with Crippen LogP contribution >= 0.6 is 0 Å². The largest absolute Gasteiger partial charge is 0.333 e. The summed E-state index contributed by atoms with van der Waals surface area (Å²) >= 11 is 0. The van der Waals surface area contributed by atoms with Gasteiger partial charge in [-0.3, -0.25) is 9.59 Å². The Balaban J connectivity index is 1.63. The molecule has 0 saturated carbocycles. The molecule has 0 bridgehead atoms. The number of aromatic nitrogens is 2. The molecule has 0 fully saturated rings. The first kappa shape index (κ1) is 13.9. The van der Waals surface area contributed by atoms with E-state index in [1.807, 2.05) is 0 Å². The third-order valence-corrected chi connectivity index (χ3v) is 3.12. The molecule has 0 aliphatic carbocycles. The van der Waals surface area contributed by atoms with Crippen LogP contribution in [0.25, 0.3) is 0 Å². The molecule has 1 aliphatic rings. The van der Waals surface area contributed by atoms with Crippen molar-refractivity contribution in [2.24, 2.45) is 0 Å². The third-order valence-electron chi connectivity index (χ3n) is 3.12. The molecule has 1 aliphatic heterocycles. The van der Waals surface area contributed by atoms with Crippen molar-refractivity contribution in [2.45, 2.75) is 12.8 Å². The number of benzene rings is 1. The van der Waals surface area contributed by atoms with Crippen LogP contribution in [-0.2, 0) is 16.1 Å². The van der Waals surface area contributed by atoms with Crippen LogP contribution in [0, 0.1) is 0 Å². The first-order chi connectivity index (χ1) is 10.7. The summed E-state index contributed by atoms with van der Waals surface area (Å²) in [6, 6.07) is 7.98. The summed E-state index contributed by atoms with van der Waals surface area (Å²) < 4.78 is 0. The van der Waals surface area contributed by atoms with Gasteiger partial charge in [0.05, 0.1) is 17.5 Å². The van der Waals surface area contributed by atoms with Gasteiger partial charge < -0.3 is 4.84 Å². The third kappa shape index (κ3) is 2.56. The summed E-state index contributed by atoms with van der Waals surface area (Å²) in [6.45, 7) is 0. The molecule has 0 spiro atoms. The molecule has 2 heterocycles. The number of hydrogen-bond donors (Lipinski definition) is 0. The van der Waals surface area contributed by atoms with Crippen molar-refractivity contribution >= 4 is 17.8 Å². The molecule has 0 unspecified atom stereocenters. The number of carbonyl (C=O) groups is 3. The minimum Gasteiger partial charge on any atom is -0.330 e. The summed E-state index contributed by atoms with van der Waals surface area (Å²) in [5, 5.41) is 0.499. The minimum absolute atomic E-state index is 0.0303. The van der Waals surface area contributed by atoms with Crippen molar-refractivity contribution < 1.29 is 19.2 Å². The maximum Gasteiger partial charge on any atom is 0.333 e. The molecule has 0 radical (unpaired) electrons. The highest BCUT2D eigenvalue weighted by atomic mass is 16.7. The molecule has 7 heteroatoms. The molecule has 0 atom stereocenters. The van der Waals surface area contributed by atoms with Gasteiger partial charge >= 0.3 is 5.97 Å². The van der Waals surface area contributed by atoms with Gasteiger partial charge in [-0.05, 0) is 18.2 Å². The highest BCUT2D eigenvalue weighted by Gasteiger charge is 2.38. The van der Waals surface area contributed by atoms with Gasteiger partial charge in [-0.15, -0.1) is 0 Å². The lowest BCUT2D eigenvalue weighted by atomic mass is 10.1. The molecule has 7 nitrogen and oxygen atoms in total. The molecule has 1 aromatic carbocycles. The molecule has 1 aromatic heterocycles. The Labute approximate surface area is 125 Å². The zero-order valence-corrected chi connectivity index (χ0v) is 11.4. The lowest BCUT2D eigenvalue weighted by Gasteiger charge is -2.12. The Bertz CT molecular complexity index is 710. The van der Waals surface area contributed by atoms with E-state index in [2.05, 4.69) is 9.97 Å². The smallest absolute Gasteiger partial charge is 0.330 e. The van der Waals surface area contributed by atoms with Crippen LogP contribution in [0.15, 0.2) is 42.7 Å². The van der Waals surface area contributed by atoms with E-state index < -0.39 is 17.8 Å². The molecule has 2 amide bonds. The normalized spacial score (nSPS) is 13.2. The minimum atomic E-state index is -0.693. The average Bonchev–Trinajstić information content (AvgIpc) is 2.79. The predicted molar refractivity (Wildman–Crippen MR) is 73.4 cm³/mol. The van der Waals surface area contributed by atoms with E-state index in [1.165, 1.54) is 12.1 Å².